The van der Waals surface area contributed by atoms with E-state index in [2.05, 4.69) is 21.4 Å². The zero-order chi connectivity index (χ0) is 13.9. The van der Waals surface area contributed by atoms with Crippen LogP contribution in [-0.2, 0) is 6.54 Å². The lowest BCUT2D eigenvalue weighted by Gasteiger charge is -2.05. The monoisotopic (exact) mass is 265 g/mol. The number of aromatic amines is 1. The van der Waals surface area contributed by atoms with Crippen molar-refractivity contribution in [3.63, 3.8) is 0 Å². The summed E-state index contributed by atoms with van der Waals surface area (Å²) in [6, 6.07) is 13.4. The summed E-state index contributed by atoms with van der Waals surface area (Å²) >= 11 is 0. The van der Waals surface area contributed by atoms with Crippen molar-refractivity contribution < 1.29 is 4.79 Å². The molecule has 4 heteroatoms. The van der Waals surface area contributed by atoms with Crippen LogP contribution in [0.4, 0.5) is 0 Å². The molecule has 2 aromatic heterocycles. The molecule has 0 spiro atoms. The van der Waals surface area contributed by atoms with Gasteiger partial charge in [-0.1, -0.05) is 24.3 Å². The second-order valence-corrected chi connectivity index (χ2v) is 4.67. The fourth-order valence-electron chi connectivity index (χ4n) is 2.32. The van der Waals surface area contributed by atoms with Crippen LogP contribution in [0.15, 0.2) is 48.7 Å². The van der Waals surface area contributed by atoms with Gasteiger partial charge in [0.05, 0.1) is 0 Å². The molecule has 1 amide bonds. The van der Waals surface area contributed by atoms with Crippen molar-refractivity contribution in [1.29, 1.82) is 0 Å². The maximum absolute atomic E-state index is 12.0. The Bertz CT molecular complexity index is 747. The number of rotatable bonds is 3. The average Bonchev–Trinajstić information content (AvgIpc) is 2.81. The first kappa shape index (κ1) is 12.4. The van der Waals surface area contributed by atoms with E-state index in [-0.39, 0.29) is 5.91 Å². The molecule has 0 bridgehead atoms. The van der Waals surface area contributed by atoms with E-state index < -0.39 is 0 Å². The number of aromatic nitrogens is 2. The normalized spacial score (nSPS) is 10.7. The van der Waals surface area contributed by atoms with Crippen LogP contribution in [0.25, 0.3) is 10.9 Å². The maximum Gasteiger partial charge on any atom is 0.270 e. The predicted octanol–water partition coefficient (Wildman–Crippen LogP) is 2.80. The Labute approximate surface area is 116 Å². The van der Waals surface area contributed by atoms with E-state index in [9.17, 15) is 4.79 Å². The molecular formula is C16H15N3O. The molecule has 1 aromatic carbocycles. The molecule has 0 atom stereocenters. The summed E-state index contributed by atoms with van der Waals surface area (Å²) in [5.74, 6) is -0.157. The molecule has 0 saturated heterocycles. The molecule has 0 aliphatic carbocycles. The Hall–Kier alpha value is -2.62. The molecule has 100 valence electrons. The lowest BCUT2D eigenvalue weighted by Crippen LogP contribution is -2.23. The summed E-state index contributed by atoms with van der Waals surface area (Å²) < 4.78 is 0. The number of carbonyl (C=O) groups is 1. The standard InChI is InChI=1S/C16H15N3O/c1-11-13(12-6-2-3-7-14(12)19-11)10-18-16(20)15-8-4-5-9-17-15/h2-9,19H,10H2,1H3,(H,18,20). The number of nitrogens with zero attached hydrogens (tertiary/aromatic N) is 1. The summed E-state index contributed by atoms with van der Waals surface area (Å²) in [5, 5.41) is 4.06. The van der Waals surface area contributed by atoms with Crippen molar-refractivity contribution in [2.45, 2.75) is 13.5 Å². The fourth-order valence-corrected chi connectivity index (χ4v) is 2.32. The summed E-state index contributed by atoms with van der Waals surface area (Å²) in [5.41, 5.74) is 3.72. The second kappa shape index (κ2) is 5.17. The minimum absolute atomic E-state index is 0.157. The van der Waals surface area contributed by atoms with Crippen LogP contribution >= 0.6 is 0 Å². The van der Waals surface area contributed by atoms with Gasteiger partial charge in [-0.15, -0.1) is 0 Å². The van der Waals surface area contributed by atoms with Crippen LogP contribution in [0, 0.1) is 6.92 Å². The second-order valence-electron chi connectivity index (χ2n) is 4.67. The van der Waals surface area contributed by atoms with Gasteiger partial charge in [0, 0.05) is 29.3 Å². The van der Waals surface area contributed by atoms with Gasteiger partial charge in [0.1, 0.15) is 5.69 Å². The largest absolute Gasteiger partial charge is 0.358 e. The van der Waals surface area contributed by atoms with Gasteiger partial charge >= 0.3 is 0 Å². The highest BCUT2D eigenvalue weighted by atomic mass is 16.1. The van der Waals surface area contributed by atoms with Crippen LogP contribution in [0.2, 0.25) is 0 Å². The van der Waals surface area contributed by atoms with E-state index in [1.807, 2.05) is 25.1 Å². The highest BCUT2D eigenvalue weighted by Gasteiger charge is 2.10. The minimum atomic E-state index is -0.157. The number of para-hydroxylation sites is 1. The quantitative estimate of drug-likeness (QED) is 0.765. The molecule has 0 fully saturated rings. The lowest BCUT2D eigenvalue weighted by atomic mass is 10.1. The van der Waals surface area contributed by atoms with Gasteiger partial charge in [-0.3, -0.25) is 9.78 Å². The van der Waals surface area contributed by atoms with Gasteiger partial charge in [-0.25, -0.2) is 0 Å². The Kier molecular flexibility index (Phi) is 3.21. The summed E-state index contributed by atoms with van der Waals surface area (Å²) in [6.07, 6.45) is 1.62. The average molecular weight is 265 g/mol. The van der Waals surface area contributed by atoms with E-state index in [0.717, 1.165) is 22.2 Å². The topological polar surface area (TPSA) is 57.8 Å². The van der Waals surface area contributed by atoms with E-state index in [4.69, 9.17) is 0 Å². The van der Waals surface area contributed by atoms with Crippen molar-refractivity contribution in [3.05, 3.63) is 65.6 Å². The van der Waals surface area contributed by atoms with Gasteiger partial charge in [0.15, 0.2) is 0 Å². The molecule has 0 unspecified atom stereocenters. The Morgan fingerprint density at radius 1 is 1.20 bits per heavy atom. The van der Waals surface area contributed by atoms with E-state index in [0.29, 0.717) is 12.2 Å². The molecule has 4 nitrogen and oxygen atoms in total. The molecular weight excluding hydrogens is 250 g/mol. The number of benzene rings is 1. The van der Waals surface area contributed by atoms with Gasteiger partial charge in [0.25, 0.3) is 5.91 Å². The minimum Gasteiger partial charge on any atom is -0.358 e. The number of nitrogens with one attached hydrogen (secondary N) is 2. The first-order valence-electron chi connectivity index (χ1n) is 6.51. The number of pyridine rings is 1. The van der Waals surface area contributed by atoms with Gasteiger partial charge in [0.2, 0.25) is 0 Å². The fraction of sp³-hybridized carbons (Fsp3) is 0.125. The molecule has 3 rings (SSSR count). The van der Waals surface area contributed by atoms with Gasteiger partial charge < -0.3 is 10.3 Å². The maximum atomic E-state index is 12.0. The smallest absolute Gasteiger partial charge is 0.270 e. The zero-order valence-corrected chi connectivity index (χ0v) is 11.2. The molecule has 0 radical (unpaired) electrons. The van der Waals surface area contributed by atoms with Gasteiger partial charge in [-0.2, -0.15) is 0 Å². The third kappa shape index (κ3) is 2.28. The SMILES string of the molecule is Cc1[nH]c2ccccc2c1CNC(=O)c1ccccn1. The zero-order valence-electron chi connectivity index (χ0n) is 11.2. The number of hydrogen-bond donors (Lipinski definition) is 2. The first-order chi connectivity index (χ1) is 9.75. The van der Waals surface area contributed by atoms with Crippen molar-refractivity contribution in [2.75, 3.05) is 0 Å². The number of amides is 1. The van der Waals surface area contributed by atoms with Crippen molar-refractivity contribution in [1.82, 2.24) is 15.3 Å². The third-order valence-corrected chi connectivity index (χ3v) is 3.35. The van der Waals surface area contributed by atoms with Crippen LogP contribution in [-0.4, -0.2) is 15.9 Å². The van der Waals surface area contributed by atoms with E-state index in [1.54, 1.807) is 24.4 Å². The van der Waals surface area contributed by atoms with E-state index in [1.165, 1.54) is 0 Å². The molecule has 2 N–H and O–H groups in total. The number of fused-ring (bicyclic) bond motifs is 1. The van der Waals surface area contributed by atoms with Gasteiger partial charge in [-0.05, 0) is 30.7 Å². The van der Waals surface area contributed by atoms with E-state index >= 15 is 0 Å². The lowest BCUT2D eigenvalue weighted by molar-refractivity contribution is 0.0946. The Morgan fingerprint density at radius 3 is 2.80 bits per heavy atom. The number of aryl methyl sites for hydroxylation is 1. The predicted molar refractivity (Wildman–Crippen MR) is 78.4 cm³/mol. The van der Waals surface area contributed by atoms with Crippen LogP contribution in [0.1, 0.15) is 21.7 Å². The van der Waals surface area contributed by atoms with Crippen molar-refractivity contribution in [2.24, 2.45) is 0 Å². The number of carbonyl (C=O) groups excluding carboxylic acids is 1. The molecule has 0 saturated carbocycles. The third-order valence-electron chi connectivity index (χ3n) is 3.35. The van der Waals surface area contributed by atoms with Crippen molar-refractivity contribution in [3.8, 4) is 0 Å². The molecule has 2 heterocycles. The molecule has 0 aliphatic rings. The molecule has 0 aliphatic heterocycles. The highest BCUT2D eigenvalue weighted by Crippen LogP contribution is 2.21. The molecule has 3 aromatic rings. The summed E-state index contributed by atoms with van der Waals surface area (Å²) in [6.45, 7) is 2.51. The van der Waals surface area contributed by atoms with Crippen LogP contribution in [0.5, 0.6) is 0 Å². The Morgan fingerprint density at radius 2 is 2.00 bits per heavy atom. The Balaban J connectivity index is 1.81. The van der Waals surface area contributed by atoms with Crippen LogP contribution < -0.4 is 5.32 Å². The highest BCUT2D eigenvalue weighted by molar-refractivity contribution is 5.92. The van der Waals surface area contributed by atoms with Crippen LogP contribution in [0.3, 0.4) is 0 Å². The van der Waals surface area contributed by atoms with Crippen molar-refractivity contribution >= 4 is 16.8 Å². The first-order valence-corrected chi connectivity index (χ1v) is 6.51. The summed E-state index contributed by atoms with van der Waals surface area (Å²) in [4.78, 5) is 19.4. The number of H-pyrrole nitrogens is 1. The summed E-state index contributed by atoms with van der Waals surface area (Å²) in [7, 11) is 0. The number of hydrogen-bond acceptors (Lipinski definition) is 2. The molecule has 20 heavy (non-hydrogen) atoms.